The molecule has 2 unspecified atom stereocenters. The van der Waals surface area contributed by atoms with Gasteiger partial charge in [0.05, 0.1) is 6.04 Å². The zero-order valence-corrected chi connectivity index (χ0v) is 12.2. The summed E-state index contributed by atoms with van der Waals surface area (Å²) in [5, 5.41) is 6.57. The van der Waals surface area contributed by atoms with Crippen LogP contribution < -0.4 is 10.6 Å². The lowest BCUT2D eigenvalue weighted by atomic mass is 9.84. The molecule has 18 heavy (non-hydrogen) atoms. The maximum atomic E-state index is 12.1. The molecular formula is C14H27ClN2O. The Morgan fingerprint density at radius 2 is 2.06 bits per heavy atom. The van der Waals surface area contributed by atoms with Crippen LogP contribution in [-0.2, 0) is 4.79 Å². The van der Waals surface area contributed by atoms with Crippen LogP contribution >= 0.6 is 12.4 Å². The normalized spacial score (nSPS) is 32.4. The van der Waals surface area contributed by atoms with Gasteiger partial charge < -0.3 is 10.6 Å². The molecule has 1 saturated heterocycles. The standard InChI is InChI=1S/C14H26N2O.ClH/c1-2-11-6-5-7-12(10-11)16-14(17)13-8-3-4-9-15-13;/h11-13,15H,2-10H2,1H3,(H,16,17);1H/t11?,12?,13-;/m1./s1. The second-order valence-corrected chi connectivity index (χ2v) is 5.65. The highest BCUT2D eigenvalue weighted by atomic mass is 35.5. The molecule has 2 fully saturated rings. The van der Waals surface area contributed by atoms with Crippen LogP contribution in [0.2, 0.25) is 0 Å². The van der Waals surface area contributed by atoms with Crippen molar-refractivity contribution >= 4 is 18.3 Å². The van der Waals surface area contributed by atoms with E-state index in [4.69, 9.17) is 0 Å². The lowest BCUT2D eigenvalue weighted by molar-refractivity contribution is -0.124. The summed E-state index contributed by atoms with van der Waals surface area (Å²) in [6, 6.07) is 0.510. The van der Waals surface area contributed by atoms with Gasteiger partial charge in [-0.25, -0.2) is 0 Å². The molecule has 2 rings (SSSR count). The zero-order chi connectivity index (χ0) is 12.1. The van der Waals surface area contributed by atoms with E-state index in [2.05, 4.69) is 17.6 Å². The molecule has 1 aliphatic carbocycles. The number of halogens is 1. The molecule has 2 N–H and O–H groups in total. The quantitative estimate of drug-likeness (QED) is 0.831. The van der Waals surface area contributed by atoms with Gasteiger partial charge in [0, 0.05) is 6.04 Å². The van der Waals surface area contributed by atoms with Gasteiger partial charge >= 0.3 is 0 Å². The number of amides is 1. The zero-order valence-electron chi connectivity index (χ0n) is 11.4. The van der Waals surface area contributed by atoms with Crippen LogP contribution in [0.1, 0.15) is 58.3 Å². The Kier molecular flexibility index (Phi) is 7.02. The van der Waals surface area contributed by atoms with Crippen molar-refractivity contribution in [3.63, 3.8) is 0 Å². The monoisotopic (exact) mass is 274 g/mol. The molecule has 1 saturated carbocycles. The van der Waals surface area contributed by atoms with Gasteiger partial charge in [-0.1, -0.05) is 32.6 Å². The third kappa shape index (κ3) is 4.43. The maximum absolute atomic E-state index is 12.1. The molecule has 2 aliphatic rings. The molecule has 1 aliphatic heterocycles. The van der Waals surface area contributed by atoms with Gasteiger partial charge in [0.25, 0.3) is 0 Å². The number of rotatable bonds is 3. The summed E-state index contributed by atoms with van der Waals surface area (Å²) in [5.41, 5.74) is 0. The first-order valence-electron chi connectivity index (χ1n) is 7.33. The van der Waals surface area contributed by atoms with Crippen molar-refractivity contribution in [2.75, 3.05) is 6.54 Å². The first kappa shape index (κ1) is 15.8. The lowest BCUT2D eigenvalue weighted by Crippen LogP contribution is -2.50. The average molecular weight is 275 g/mol. The average Bonchev–Trinajstić information content (AvgIpc) is 2.40. The first-order valence-corrected chi connectivity index (χ1v) is 7.33. The fraction of sp³-hybridized carbons (Fsp3) is 0.929. The van der Waals surface area contributed by atoms with E-state index in [0.29, 0.717) is 6.04 Å². The van der Waals surface area contributed by atoms with Crippen LogP contribution in [0.5, 0.6) is 0 Å². The van der Waals surface area contributed by atoms with Gasteiger partial charge in [-0.05, 0) is 38.1 Å². The molecule has 0 aromatic carbocycles. The summed E-state index contributed by atoms with van der Waals surface area (Å²) in [7, 11) is 0. The molecule has 3 atom stereocenters. The van der Waals surface area contributed by atoms with E-state index in [1.54, 1.807) is 0 Å². The summed E-state index contributed by atoms with van der Waals surface area (Å²) < 4.78 is 0. The van der Waals surface area contributed by atoms with Crippen LogP contribution in [0.25, 0.3) is 0 Å². The van der Waals surface area contributed by atoms with Crippen molar-refractivity contribution in [1.29, 1.82) is 0 Å². The minimum atomic E-state index is 0. The molecule has 0 radical (unpaired) electrons. The minimum absolute atomic E-state index is 0. The largest absolute Gasteiger partial charge is 0.352 e. The summed E-state index contributed by atoms with van der Waals surface area (Å²) in [6.45, 7) is 3.26. The third-order valence-corrected chi connectivity index (χ3v) is 4.33. The minimum Gasteiger partial charge on any atom is -0.352 e. The van der Waals surface area contributed by atoms with E-state index < -0.39 is 0 Å². The molecule has 0 spiro atoms. The maximum Gasteiger partial charge on any atom is 0.237 e. The predicted molar refractivity (Wildman–Crippen MR) is 77.1 cm³/mol. The lowest BCUT2D eigenvalue weighted by Gasteiger charge is -2.31. The van der Waals surface area contributed by atoms with Gasteiger partial charge in [-0.3, -0.25) is 4.79 Å². The Bertz CT molecular complexity index is 254. The third-order valence-electron chi connectivity index (χ3n) is 4.33. The Morgan fingerprint density at radius 1 is 1.22 bits per heavy atom. The SMILES string of the molecule is CCC1CCCC(NC(=O)[C@H]2CCCCN2)C1.Cl. The van der Waals surface area contributed by atoms with E-state index in [1.807, 2.05) is 0 Å². The first-order chi connectivity index (χ1) is 8.29. The van der Waals surface area contributed by atoms with Crippen LogP contribution in [-0.4, -0.2) is 24.5 Å². The number of nitrogens with one attached hydrogen (secondary N) is 2. The van der Waals surface area contributed by atoms with E-state index >= 15 is 0 Å². The number of carbonyl (C=O) groups excluding carboxylic acids is 1. The molecule has 4 heteroatoms. The summed E-state index contributed by atoms with van der Waals surface area (Å²) in [5.74, 6) is 1.07. The molecule has 1 amide bonds. The van der Waals surface area contributed by atoms with E-state index in [0.717, 1.165) is 18.9 Å². The highest BCUT2D eigenvalue weighted by Gasteiger charge is 2.26. The van der Waals surface area contributed by atoms with Crippen LogP contribution in [0.4, 0.5) is 0 Å². The van der Waals surface area contributed by atoms with Crippen molar-refractivity contribution in [2.45, 2.75) is 70.4 Å². The van der Waals surface area contributed by atoms with Crippen LogP contribution in [0, 0.1) is 5.92 Å². The fourth-order valence-corrected chi connectivity index (χ4v) is 3.17. The van der Waals surface area contributed by atoms with Gasteiger partial charge in [0.1, 0.15) is 0 Å². The molecule has 0 aromatic rings. The second kappa shape index (κ2) is 8.00. The number of carbonyl (C=O) groups is 1. The molecular weight excluding hydrogens is 248 g/mol. The molecule has 0 bridgehead atoms. The summed E-state index contributed by atoms with van der Waals surface area (Å²) in [4.78, 5) is 12.1. The van der Waals surface area contributed by atoms with Crippen molar-refractivity contribution in [1.82, 2.24) is 10.6 Å². The highest BCUT2D eigenvalue weighted by Crippen LogP contribution is 2.26. The van der Waals surface area contributed by atoms with Gasteiger partial charge in [0.2, 0.25) is 5.91 Å². The Balaban J connectivity index is 0.00000162. The van der Waals surface area contributed by atoms with Crippen molar-refractivity contribution < 1.29 is 4.79 Å². The number of hydrogen-bond donors (Lipinski definition) is 2. The van der Waals surface area contributed by atoms with E-state index in [-0.39, 0.29) is 24.4 Å². The number of piperidine rings is 1. The molecule has 1 heterocycles. The molecule has 0 aromatic heterocycles. The summed E-state index contributed by atoms with van der Waals surface area (Å²) >= 11 is 0. The van der Waals surface area contributed by atoms with Crippen LogP contribution in [0.3, 0.4) is 0 Å². The Morgan fingerprint density at radius 3 is 2.72 bits per heavy atom. The van der Waals surface area contributed by atoms with E-state index in [9.17, 15) is 4.79 Å². The predicted octanol–water partition coefficient (Wildman–Crippen LogP) is 2.64. The highest BCUT2D eigenvalue weighted by molar-refractivity contribution is 5.85. The smallest absolute Gasteiger partial charge is 0.237 e. The Hall–Kier alpha value is -0.280. The van der Waals surface area contributed by atoms with Crippen molar-refractivity contribution in [3.05, 3.63) is 0 Å². The Labute approximate surface area is 117 Å². The molecule has 3 nitrogen and oxygen atoms in total. The van der Waals surface area contributed by atoms with Crippen molar-refractivity contribution in [3.8, 4) is 0 Å². The second-order valence-electron chi connectivity index (χ2n) is 5.65. The molecule has 106 valence electrons. The van der Waals surface area contributed by atoms with E-state index in [1.165, 1.54) is 44.9 Å². The number of hydrogen-bond acceptors (Lipinski definition) is 2. The van der Waals surface area contributed by atoms with Crippen LogP contribution in [0.15, 0.2) is 0 Å². The fourth-order valence-electron chi connectivity index (χ4n) is 3.17. The van der Waals surface area contributed by atoms with Gasteiger partial charge in [-0.15, -0.1) is 12.4 Å². The van der Waals surface area contributed by atoms with Gasteiger partial charge in [-0.2, -0.15) is 0 Å². The topological polar surface area (TPSA) is 41.1 Å². The van der Waals surface area contributed by atoms with Crippen molar-refractivity contribution in [2.24, 2.45) is 5.92 Å². The summed E-state index contributed by atoms with van der Waals surface area (Å²) in [6.07, 6.45) is 9.66. The van der Waals surface area contributed by atoms with Gasteiger partial charge in [0.15, 0.2) is 0 Å².